The molecule has 0 saturated heterocycles. The van der Waals surface area contributed by atoms with Gasteiger partial charge in [-0.25, -0.2) is 4.98 Å². The SMILES string of the molecule is C=S(C)(=O)c1ncc(C(C)(C)C)s1. The third-order valence-corrected chi connectivity index (χ3v) is 4.96. The fraction of sp³-hybridized carbons (Fsp3) is 0.556. The van der Waals surface area contributed by atoms with E-state index in [4.69, 9.17) is 0 Å². The molecule has 0 saturated carbocycles. The van der Waals surface area contributed by atoms with Gasteiger partial charge in [-0.2, -0.15) is 0 Å². The number of nitrogens with zero attached hydrogens (tertiary/aromatic N) is 1. The van der Waals surface area contributed by atoms with E-state index in [1.807, 2.05) is 0 Å². The van der Waals surface area contributed by atoms with Gasteiger partial charge in [-0.15, -0.1) is 11.3 Å². The molecule has 1 atom stereocenters. The molecule has 0 fully saturated rings. The summed E-state index contributed by atoms with van der Waals surface area (Å²) < 4.78 is 12.2. The van der Waals surface area contributed by atoms with Crippen LogP contribution in [0.4, 0.5) is 0 Å². The van der Waals surface area contributed by atoms with Crippen LogP contribution in [0, 0.1) is 0 Å². The maximum absolute atomic E-state index is 11.6. The van der Waals surface area contributed by atoms with Crippen molar-refractivity contribution in [3.63, 3.8) is 0 Å². The van der Waals surface area contributed by atoms with Gasteiger partial charge < -0.3 is 0 Å². The summed E-state index contributed by atoms with van der Waals surface area (Å²) in [5.41, 5.74) is 0.0839. The van der Waals surface area contributed by atoms with Crippen molar-refractivity contribution in [2.24, 2.45) is 0 Å². The third kappa shape index (κ3) is 2.54. The van der Waals surface area contributed by atoms with Crippen molar-refractivity contribution in [1.29, 1.82) is 0 Å². The lowest BCUT2D eigenvalue weighted by Crippen LogP contribution is -2.07. The Bertz CT molecular complexity index is 395. The molecule has 1 heterocycles. The first kappa shape index (κ1) is 10.7. The van der Waals surface area contributed by atoms with Crippen molar-refractivity contribution in [2.45, 2.75) is 30.5 Å². The van der Waals surface area contributed by atoms with Crippen LogP contribution < -0.4 is 0 Å². The molecule has 4 heteroatoms. The monoisotopic (exact) mass is 217 g/mol. The lowest BCUT2D eigenvalue weighted by molar-refractivity contribution is 0.602. The standard InChI is InChI=1S/C9H15NOS2/c1-9(2,3)7-6-10-8(12-7)13(4,5)11/h6H,4H2,1-3,5H3. The van der Waals surface area contributed by atoms with E-state index in [2.05, 4.69) is 31.6 Å². The minimum atomic E-state index is -2.13. The minimum Gasteiger partial charge on any atom is -0.261 e. The average molecular weight is 217 g/mol. The summed E-state index contributed by atoms with van der Waals surface area (Å²) in [6.07, 6.45) is 3.42. The zero-order valence-corrected chi connectivity index (χ0v) is 10.1. The summed E-state index contributed by atoms with van der Waals surface area (Å²) in [6.45, 7) is 6.35. The van der Waals surface area contributed by atoms with Crippen LogP contribution >= 0.6 is 11.3 Å². The fourth-order valence-corrected chi connectivity index (χ4v) is 2.76. The summed E-state index contributed by atoms with van der Waals surface area (Å²) >= 11 is 1.50. The van der Waals surface area contributed by atoms with E-state index in [9.17, 15) is 4.21 Å². The molecule has 74 valence electrons. The van der Waals surface area contributed by atoms with Crippen molar-refractivity contribution in [2.75, 3.05) is 6.26 Å². The van der Waals surface area contributed by atoms with E-state index in [0.717, 1.165) is 4.88 Å². The number of hydrogen-bond acceptors (Lipinski definition) is 3. The second kappa shape index (κ2) is 3.10. The van der Waals surface area contributed by atoms with Gasteiger partial charge in [0.05, 0.1) is 0 Å². The van der Waals surface area contributed by atoms with Crippen molar-refractivity contribution in [3.05, 3.63) is 11.1 Å². The van der Waals surface area contributed by atoms with Crippen LogP contribution in [0.5, 0.6) is 0 Å². The van der Waals surface area contributed by atoms with E-state index in [0.29, 0.717) is 4.34 Å². The number of aromatic nitrogens is 1. The highest BCUT2D eigenvalue weighted by Crippen LogP contribution is 2.29. The molecule has 0 aliphatic rings. The molecule has 1 aromatic rings. The van der Waals surface area contributed by atoms with Crippen molar-refractivity contribution < 1.29 is 4.21 Å². The smallest absolute Gasteiger partial charge is 0.172 e. The van der Waals surface area contributed by atoms with Gasteiger partial charge >= 0.3 is 0 Å². The molecular weight excluding hydrogens is 202 g/mol. The van der Waals surface area contributed by atoms with Crippen molar-refractivity contribution >= 4 is 26.7 Å². The quantitative estimate of drug-likeness (QED) is 0.675. The summed E-state index contributed by atoms with van der Waals surface area (Å²) in [6, 6.07) is 0. The summed E-state index contributed by atoms with van der Waals surface area (Å²) in [7, 11) is -2.13. The maximum atomic E-state index is 11.6. The molecule has 2 nitrogen and oxygen atoms in total. The first-order valence-electron chi connectivity index (χ1n) is 4.00. The molecule has 1 unspecified atom stereocenters. The van der Waals surface area contributed by atoms with E-state index in [1.54, 1.807) is 12.5 Å². The number of hydrogen-bond donors (Lipinski definition) is 0. The average Bonchev–Trinajstić information content (AvgIpc) is 2.28. The molecule has 0 aliphatic carbocycles. The van der Waals surface area contributed by atoms with Crippen LogP contribution in [0.15, 0.2) is 10.5 Å². The summed E-state index contributed by atoms with van der Waals surface area (Å²) in [4.78, 5) is 5.29. The Morgan fingerprint density at radius 2 is 2.08 bits per heavy atom. The zero-order chi connectivity index (χ0) is 10.3. The van der Waals surface area contributed by atoms with Crippen molar-refractivity contribution in [1.82, 2.24) is 4.98 Å². The van der Waals surface area contributed by atoms with E-state index in [-0.39, 0.29) is 5.41 Å². The largest absolute Gasteiger partial charge is 0.261 e. The maximum Gasteiger partial charge on any atom is 0.172 e. The first-order valence-corrected chi connectivity index (χ1v) is 6.95. The van der Waals surface area contributed by atoms with Gasteiger partial charge in [-0.1, -0.05) is 20.8 Å². The molecule has 0 aromatic carbocycles. The molecule has 0 N–H and O–H groups in total. The topological polar surface area (TPSA) is 30.0 Å². The second-order valence-electron chi connectivity index (χ2n) is 4.25. The van der Waals surface area contributed by atoms with Gasteiger partial charge in [0.2, 0.25) is 0 Å². The lowest BCUT2D eigenvalue weighted by Gasteiger charge is -2.14. The predicted octanol–water partition coefficient (Wildman–Crippen LogP) is 2.15. The fourth-order valence-electron chi connectivity index (χ4n) is 0.804. The Hall–Kier alpha value is -0.350. The van der Waals surface area contributed by atoms with Crippen LogP contribution in [0.1, 0.15) is 25.6 Å². The Morgan fingerprint density at radius 3 is 2.31 bits per heavy atom. The third-order valence-electron chi connectivity index (χ3n) is 1.59. The lowest BCUT2D eigenvalue weighted by atomic mass is 9.96. The van der Waals surface area contributed by atoms with Crippen molar-refractivity contribution in [3.8, 4) is 0 Å². The molecule has 1 aromatic heterocycles. The van der Waals surface area contributed by atoms with E-state index < -0.39 is 9.52 Å². The highest BCUT2D eigenvalue weighted by Gasteiger charge is 2.18. The Balaban J connectivity index is 3.16. The highest BCUT2D eigenvalue weighted by molar-refractivity contribution is 8.01. The van der Waals surface area contributed by atoms with Crippen LogP contribution in [0.3, 0.4) is 0 Å². The van der Waals surface area contributed by atoms with Gasteiger partial charge in [0.15, 0.2) is 4.34 Å². The van der Waals surface area contributed by atoms with Gasteiger partial charge in [0, 0.05) is 26.9 Å². The molecule has 1 rings (SSSR count). The molecule has 0 amide bonds. The first-order chi connectivity index (χ1) is 5.71. The Kier molecular flexibility index (Phi) is 2.56. The predicted molar refractivity (Wildman–Crippen MR) is 60.3 cm³/mol. The highest BCUT2D eigenvalue weighted by atomic mass is 32.2. The molecule has 0 aliphatic heterocycles. The summed E-state index contributed by atoms with van der Waals surface area (Å²) in [5, 5.41) is 0. The molecule has 0 radical (unpaired) electrons. The zero-order valence-electron chi connectivity index (χ0n) is 8.46. The van der Waals surface area contributed by atoms with Crippen LogP contribution in [0.25, 0.3) is 0 Å². The van der Waals surface area contributed by atoms with Crippen LogP contribution in [0.2, 0.25) is 0 Å². The van der Waals surface area contributed by atoms with Gasteiger partial charge in [0.1, 0.15) is 0 Å². The van der Waals surface area contributed by atoms with Gasteiger partial charge in [-0.05, 0) is 11.3 Å². The minimum absolute atomic E-state index is 0.0839. The number of thiazole rings is 1. The van der Waals surface area contributed by atoms with E-state index in [1.165, 1.54) is 11.3 Å². The molecule has 0 bridgehead atoms. The second-order valence-corrected chi connectivity index (χ2v) is 7.93. The Labute approximate surface area is 84.0 Å². The normalized spacial score (nSPS) is 16.9. The van der Waals surface area contributed by atoms with Crippen LogP contribution in [-0.2, 0) is 14.9 Å². The van der Waals surface area contributed by atoms with E-state index >= 15 is 0 Å². The summed E-state index contributed by atoms with van der Waals surface area (Å²) in [5.74, 6) is 3.61. The molecule has 13 heavy (non-hydrogen) atoms. The Morgan fingerprint density at radius 1 is 1.54 bits per heavy atom. The van der Waals surface area contributed by atoms with Gasteiger partial charge in [-0.3, -0.25) is 4.21 Å². The van der Waals surface area contributed by atoms with Crippen LogP contribution in [-0.4, -0.2) is 21.3 Å². The molecular formula is C9H15NOS2. The van der Waals surface area contributed by atoms with Gasteiger partial charge in [0.25, 0.3) is 0 Å². The number of rotatable bonds is 1. The molecule has 0 spiro atoms.